The highest BCUT2D eigenvalue weighted by atomic mass is 32.1. The number of amides is 2. The van der Waals surface area contributed by atoms with Crippen molar-refractivity contribution in [1.29, 1.82) is 0 Å². The summed E-state index contributed by atoms with van der Waals surface area (Å²) >= 11 is 2.46. The molecule has 2 aromatic heterocycles. The molecule has 0 aliphatic carbocycles. The first-order valence-corrected chi connectivity index (χ1v) is 11.8. The third-order valence-corrected chi connectivity index (χ3v) is 6.32. The SMILES string of the molecule is CC(=O)N(c1nc(/C=C/C(=O)Nc2ncc(Cc3cccc(F)c3)s2)cs1)c1ccccc1F. The van der Waals surface area contributed by atoms with Gasteiger partial charge in [-0.3, -0.25) is 19.8 Å². The van der Waals surface area contributed by atoms with Gasteiger partial charge in [0.2, 0.25) is 11.8 Å². The predicted molar refractivity (Wildman–Crippen MR) is 130 cm³/mol. The maximum Gasteiger partial charge on any atom is 0.250 e. The Balaban J connectivity index is 1.40. The van der Waals surface area contributed by atoms with E-state index in [1.807, 2.05) is 6.07 Å². The summed E-state index contributed by atoms with van der Waals surface area (Å²) in [5.74, 6) is -1.62. The molecule has 0 unspecified atom stereocenters. The minimum Gasteiger partial charge on any atom is -0.298 e. The molecule has 0 aliphatic rings. The highest BCUT2D eigenvalue weighted by Crippen LogP contribution is 2.31. The number of nitrogens with zero attached hydrogens (tertiary/aromatic N) is 3. The van der Waals surface area contributed by atoms with Crippen molar-refractivity contribution < 1.29 is 18.4 Å². The van der Waals surface area contributed by atoms with Crippen LogP contribution in [0.1, 0.15) is 23.1 Å². The van der Waals surface area contributed by atoms with Crippen LogP contribution in [0.5, 0.6) is 0 Å². The molecule has 0 saturated heterocycles. The van der Waals surface area contributed by atoms with Crippen molar-refractivity contribution in [2.24, 2.45) is 0 Å². The lowest BCUT2D eigenvalue weighted by Crippen LogP contribution is -2.23. The van der Waals surface area contributed by atoms with Crippen molar-refractivity contribution >= 4 is 56.5 Å². The molecule has 0 radical (unpaired) electrons. The number of carbonyl (C=O) groups excluding carboxylic acids is 2. The van der Waals surface area contributed by atoms with Gasteiger partial charge in [0.25, 0.3) is 0 Å². The Morgan fingerprint density at radius 3 is 2.74 bits per heavy atom. The first-order valence-electron chi connectivity index (χ1n) is 10.1. The van der Waals surface area contributed by atoms with E-state index in [0.29, 0.717) is 22.4 Å². The Morgan fingerprint density at radius 2 is 1.97 bits per heavy atom. The van der Waals surface area contributed by atoms with Gasteiger partial charge >= 0.3 is 0 Å². The number of hydrogen-bond acceptors (Lipinski definition) is 6. The Morgan fingerprint density at radius 1 is 1.15 bits per heavy atom. The average molecular weight is 497 g/mol. The molecule has 0 spiro atoms. The van der Waals surface area contributed by atoms with E-state index in [0.717, 1.165) is 21.8 Å². The second kappa shape index (κ2) is 10.4. The molecular weight excluding hydrogens is 478 g/mol. The van der Waals surface area contributed by atoms with Crippen molar-refractivity contribution in [3.63, 3.8) is 0 Å². The van der Waals surface area contributed by atoms with Gasteiger partial charge in [0.05, 0.1) is 11.4 Å². The zero-order valence-electron chi connectivity index (χ0n) is 17.9. The van der Waals surface area contributed by atoms with Crippen LogP contribution in [0.4, 0.5) is 24.7 Å². The molecule has 1 N–H and O–H groups in total. The minimum absolute atomic E-state index is 0.107. The van der Waals surface area contributed by atoms with Gasteiger partial charge in [-0.2, -0.15) is 0 Å². The van der Waals surface area contributed by atoms with E-state index in [1.54, 1.807) is 29.8 Å². The number of thiazole rings is 2. The molecule has 0 saturated carbocycles. The lowest BCUT2D eigenvalue weighted by Gasteiger charge is -2.18. The fourth-order valence-corrected chi connectivity index (χ4v) is 4.80. The lowest BCUT2D eigenvalue weighted by atomic mass is 10.1. The molecule has 2 heterocycles. The van der Waals surface area contributed by atoms with E-state index in [-0.39, 0.29) is 17.4 Å². The molecule has 4 aromatic rings. The number of anilines is 3. The van der Waals surface area contributed by atoms with Gasteiger partial charge in [-0.15, -0.1) is 22.7 Å². The number of benzene rings is 2. The monoisotopic (exact) mass is 496 g/mol. The Bertz CT molecular complexity index is 1370. The lowest BCUT2D eigenvalue weighted by molar-refractivity contribution is -0.116. The van der Waals surface area contributed by atoms with Crippen LogP contribution in [0.2, 0.25) is 0 Å². The normalized spacial score (nSPS) is 11.0. The third-order valence-electron chi connectivity index (χ3n) is 4.57. The van der Waals surface area contributed by atoms with E-state index in [1.165, 1.54) is 59.6 Å². The summed E-state index contributed by atoms with van der Waals surface area (Å²) in [6.45, 7) is 1.33. The number of carbonyl (C=O) groups is 2. The summed E-state index contributed by atoms with van der Waals surface area (Å²) < 4.78 is 27.5. The van der Waals surface area contributed by atoms with Crippen LogP contribution >= 0.6 is 22.7 Å². The van der Waals surface area contributed by atoms with Crippen molar-refractivity contribution in [3.8, 4) is 0 Å². The highest BCUT2D eigenvalue weighted by Gasteiger charge is 2.20. The molecule has 0 fully saturated rings. The van der Waals surface area contributed by atoms with Crippen LogP contribution in [0.25, 0.3) is 6.08 Å². The Hall–Kier alpha value is -3.76. The summed E-state index contributed by atoms with van der Waals surface area (Å²) in [6.07, 6.45) is 4.95. The zero-order valence-corrected chi connectivity index (χ0v) is 19.5. The fraction of sp³-hybridized carbons (Fsp3) is 0.0833. The summed E-state index contributed by atoms with van der Waals surface area (Å²) in [4.78, 5) is 35.0. The van der Waals surface area contributed by atoms with Crippen LogP contribution in [0.15, 0.2) is 66.2 Å². The zero-order chi connectivity index (χ0) is 24.1. The fourth-order valence-electron chi connectivity index (χ4n) is 3.10. The number of hydrogen-bond donors (Lipinski definition) is 1. The molecule has 0 atom stereocenters. The van der Waals surface area contributed by atoms with Gasteiger partial charge in [-0.25, -0.2) is 18.7 Å². The van der Waals surface area contributed by atoms with E-state index in [2.05, 4.69) is 15.3 Å². The largest absolute Gasteiger partial charge is 0.298 e. The van der Waals surface area contributed by atoms with Gasteiger partial charge < -0.3 is 0 Å². The average Bonchev–Trinajstić information content (AvgIpc) is 3.43. The molecule has 0 aliphatic heterocycles. The topological polar surface area (TPSA) is 75.2 Å². The van der Waals surface area contributed by atoms with E-state index in [9.17, 15) is 18.4 Å². The Labute approximate surface area is 202 Å². The van der Waals surface area contributed by atoms with Crippen LogP contribution in [0.3, 0.4) is 0 Å². The number of para-hydroxylation sites is 1. The second-order valence-electron chi connectivity index (χ2n) is 7.12. The van der Waals surface area contributed by atoms with Gasteiger partial charge in [0.1, 0.15) is 11.6 Å². The van der Waals surface area contributed by atoms with Crippen LogP contribution in [-0.2, 0) is 16.0 Å². The molecule has 0 bridgehead atoms. The molecule has 172 valence electrons. The third kappa shape index (κ3) is 5.77. The molecule has 10 heteroatoms. The van der Waals surface area contributed by atoms with Crippen molar-refractivity contribution in [2.75, 3.05) is 10.2 Å². The standard InChI is InChI=1S/C24H18F2N4O2S2/c1-15(31)30(21-8-3-2-7-20(21)26)24-28-18(14-33-24)9-10-22(32)29-23-27-13-19(34-23)12-16-5-4-6-17(25)11-16/h2-11,13-14H,12H2,1H3,(H,27,29,32)/b10-9+. The van der Waals surface area contributed by atoms with Gasteiger partial charge in [0, 0.05) is 35.9 Å². The quantitative estimate of drug-likeness (QED) is 0.328. The van der Waals surface area contributed by atoms with Gasteiger partial charge in [0.15, 0.2) is 10.3 Å². The summed E-state index contributed by atoms with van der Waals surface area (Å²) in [7, 11) is 0. The molecule has 2 amide bonds. The first-order chi connectivity index (χ1) is 16.4. The Kier molecular flexibility index (Phi) is 7.19. The summed E-state index contributed by atoms with van der Waals surface area (Å²) in [5.41, 5.74) is 1.37. The van der Waals surface area contributed by atoms with E-state index < -0.39 is 11.7 Å². The highest BCUT2D eigenvalue weighted by molar-refractivity contribution is 7.15. The maximum absolute atomic E-state index is 14.2. The number of aromatic nitrogens is 2. The molecule has 4 rings (SSSR count). The molecular formula is C24H18F2N4O2S2. The maximum atomic E-state index is 14.2. The summed E-state index contributed by atoms with van der Waals surface area (Å²) in [5, 5.41) is 5.05. The van der Waals surface area contributed by atoms with E-state index in [4.69, 9.17) is 0 Å². The number of rotatable bonds is 7. The smallest absolute Gasteiger partial charge is 0.250 e. The summed E-state index contributed by atoms with van der Waals surface area (Å²) in [6, 6.07) is 12.3. The predicted octanol–water partition coefficient (Wildman–Crippen LogP) is 5.81. The van der Waals surface area contributed by atoms with Crippen LogP contribution in [0, 0.1) is 11.6 Å². The van der Waals surface area contributed by atoms with Crippen molar-refractivity contribution in [2.45, 2.75) is 13.3 Å². The number of nitrogens with one attached hydrogen (secondary N) is 1. The number of halogens is 2. The second-order valence-corrected chi connectivity index (χ2v) is 9.07. The van der Waals surface area contributed by atoms with Crippen molar-refractivity contribution in [3.05, 3.63) is 94.0 Å². The molecule has 2 aromatic carbocycles. The molecule has 6 nitrogen and oxygen atoms in total. The van der Waals surface area contributed by atoms with Gasteiger partial charge in [-0.1, -0.05) is 24.3 Å². The minimum atomic E-state index is -0.537. The van der Waals surface area contributed by atoms with Crippen LogP contribution in [-0.4, -0.2) is 21.8 Å². The van der Waals surface area contributed by atoms with E-state index >= 15 is 0 Å². The van der Waals surface area contributed by atoms with Crippen LogP contribution < -0.4 is 10.2 Å². The van der Waals surface area contributed by atoms with Crippen molar-refractivity contribution in [1.82, 2.24) is 9.97 Å². The molecule has 34 heavy (non-hydrogen) atoms. The van der Waals surface area contributed by atoms with Gasteiger partial charge in [-0.05, 0) is 35.9 Å². The first kappa shape index (κ1) is 23.4.